The molecule has 0 radical (unpaired) electrons. The van der Waals surface area contributed by atoms with Crippen LogP contribution in [0.2, 0.25) is 0 Å². The van der Waals surface area contributed by atoms with Gasteiger partial charge in [-0.15, -0.1) is 0 Å². The molecule has 0 amide bonds. The van der Waals surface area contributed by atoms with E-state index in [0.29, 0.717) is 5.56 Å². The van der Waals surface area contributed by atoms with Crippen molar-refractivity contribution in [1.82, 2.24) is 0 Å². The van der Waals surface area contributed by atoms with E-state index in [1.165, 1.54) is 69.9 Å². The monoisotopic (exact) mass is 362 g/mol. The van der Waals surface area contributed by atoms with E-state index in [1.54, 1.807) is 12.1 Å². The Bertz CT molecular complexity index is 467. The average molecular weight is 363 g/mol. The topological polar surface area (TPSA) is 46.5 Å². The van der Waals surface area contributed by atoms with Crippen LogP contribution in [0.1, 0.15) is 108 Å². The number of hydrogen-bond acceptors (Lipinski definition) is 3. The number of phenolic OH excluding ortho intramolecular Hbond substituents is 1. The second-order valence-electron chi connectivity index (χ2n) is 7.33. The first-order valence-electron chi connectivity index (χ1n) is 10.7. The van der Waals surface area contributed by atoms with Crippen LogP contribution in [0.4, 0.5) is 0 Å². The molecule has 0 heterocycles. The molecule has 3 nitrogen and oxygen atoms in total. The van der Waals surface area contributed by atoms with E-state index in [1.807, 2.05) is 0 Å². The number of esters is 1. The van der Waals surface area contributed by atoms with Gasteiger partial charge in [0.1, 0.15) is 11.9 Å². The molecule has 0 aromatic heterocycles. The summed E-state index contributed by atoms with van der Waals surface area (Å²) in [6, 6.07) is 6.32. The lowest BCUT2D eigenvalue weighted by Gasteiger charge is -2.18. The van der Waals surface area contributed by atoms with Crippen LogP contribution < -0.4 is 0 Å². The molecule has 3 heteroatoms. The van der Waals surface area contributed by atoms with Gasteiger partial charge in [0.25, 0.3) is 0 Å². The van der Waals surface area contributed by atoms with Gasteiger partial charge in [0.05, 0.1) is 5.56 Å². The normalized spacial score (nSPS) is 12.1. The van der Waals surface area contributed by atoms with Crippen molar-refractivity contribution in [2.45, 2.75) is 103 Å². The molecular formula is C23H38O3. The summed E-state index contributed by atoms with van der Waals surface area (Å²) >= 11 is 0. The van der Waals surface area contributed by atoms with E-state index in [0.717, 1.165) is 25.7 Å². The van der Waals surface area contributed by atoms with Crippen molar-refractivity contribution in [3.8, 4) is 5.75 Å². The van der Waals surface area contributed by atoms with E-state index in [4.69, 9.17) is 4.74 Å². The van der Waals surface area contributed by atoms with Crippen molar-refractivity contribution in [2.24, 2.45) is 0 Å². The van der Waals surface area contributed by atoms with Crippen LogP contribution >= 0.6 is 0 Å². The molecule has 0 aliphatic heterocycles. The number of benzene rings is 1. The van der Waals surface area contributed by atoms with Crippen LogP contribution in [0.15, 0.2) is 24.3 Å². The molecule has 0 bridgehead atoms. The van der Waals surface area contributed by atoms with Crippen LogP contribution in [-0.2, 0) is 4.74 Å². The highest BCUT2D eigenvalue weighted by atomic mass is 16.5. The Labute approximate surface area is 160 Å². The van der Waals surface area contributed by atoms with Crippen molar-refractivity contribution in [2.75, 3.05) is 0 Å². The molecule has 1 rings (SSSR count). The molecule has 0 saturated carbocycles. The van der Waals surface area contributed by atoms with Gasteiger partial charge in [0.15, 0.2) is 0 Å². The molecule has 0 aliphatic rings. The zero-order valence-corrected chi connectivity index (χ0v) is 16.8. The van der Waals surface area contributed by atoms with Gasteiger partial charge in [-0.2, -0.15) is 0 Å². The summed E-state index contributed by atoms with van der Waals surface area (Å²) in [5, 5.41) is 9.36. The lowest BCUT2D eigenvalue weighted by atomic mass is 10.0. The van der Waals surface area contributed by atoms with Gasteiger partial charge >= 0.3 is 5.97 Å². The van der Waals surface area contributed by atoms with Crippen LogP contribution in [0.25, 0.3) is 0 Å². The minimum atomic E-state index is -0.269. The molecule has 1 unspecified atom stereocenters. The maximum absolute atomic E-state index is 12.4. The minimum absolute atomic E-state index is 0.0177. The lowest BCUT2D eigenvalue weighted by molar-refractivity contribution is 0.0249. The maximum atomic E-state index is 12.4. The molecule has 1 N–H and O–H groups in total. The SMILES string of the molecule is CCCCCCCCC(CCCCCCC)OC(=O)c1ccc(O)cc1. The quantitative estimate of drug-likeness (QED) is 0.269. The Morgan fingerprint density at radius 2 is 1.27 bits per heavy atom. The molecule has 1 atom stereocenters. The lowest BCUT2D eigenvalue weighted by Crippen LogP contribution is -2.18. The molecule has 26 heavy (non-hydrogen) atoms. The second-order valence-corrected chi connectivity index (χ2v) is 7.33. The van der Waals surface area contributed by atoms with Crippen molar-refractivity contribution in [3.05, 3.63) is 29.8 Å². The number of unbranched alkanes of at least 4 members (excludes halogenated alkanes) is 9. The average Bonchev–Trinajstić information content (AvgIpc) is 2.64. The van der Waals surface area contributed by atoms with Crippen molar-refractivity contribution >= 4 is 5.97 Å². The Hall–Kier alpha value is -1.51. The van der Waals surface area contributed by atoms with Crippen molar-refractivity contribution in [1.29, 1.82) is 0 Å². The Kier molecular flexibility index (Phi) is 12.7. The third-order valence-corrected chi connectivity index (χ3v) is 4.89. The fraction of sp³-hybridized carbons (Fsp3) is 0.696. The van der Waals surface area contributed by atoms with Crippen molar-refractivity contribution in [3.63, 3.8) is 0 Å². The number of phenols is 1. The largest absolute Gasteiger partial charge is 0.508 e. The number of aromatic hydroxyl groups is 1. The fourth-order valence-corrected chi connectivity index (χ4v) is 3.21. The van der Waals surface area contributed by atoms with E-state index in [9.17, 15) is 9.90 Å². The van der Waals surface area contributed by atoms with Gasteiger partial charge in [-0.3, -0.25) is 0 Å². The molecule has 0 spiro atoms. The molecule has 1 aromatic rings. The number of ether oxygens (including phenoxy) is 1. The van der Waals surface area contributed by atoms with Gasteiger partial charge in [0, 0.05) is 0 Å². The predicted molar refractivity (Wildman–Crippen MR) is 109 cm³/mol. The predicted octanol–water partition coefficient (Wildman–Crippen LogP) is 7.03. The van der Waals surface area contributed by atoms with Crippen LogP contribution in [0.3, 0.4) is 0 Å². The summed E-state index contributed by atoms with van der Waals surface area (Å²) < 4.78 is 5.79. The fourth-order valence-electron chi connectivity index (χ4n) is 3.21. The van der Waals surface area contributed by atoms with Gasteiger partial charge in [-0.05, 0) is 49.9 Å². The Morgan fingerprint density at radius 3 is 1.77 bits per heavy atom. The minimum Gasteiger partial charge on any atom is -0.508 e. The molecule has 1 aromatic carbocycles. The third-order valence-electron chi connectivity index (χ3n) is 4.89. The molecular weight excluding hydrogens is 324 g/mol. The molecule has 0 aliphatic carbocycles. The summed E-state index contributed by atoms with van der Waals surface area (Å²) in [6.45, 7) is 4.46. The summed E-state index contributed by atoms with van der Waals surface area (Å²) in [5.74, 6) is -0.101. The second kappa shape index (κ2) is 14.6. The van der Waals surface area contributed by atoms with Gasteiger partial charge < -0.3 is 9.84 Å². The number of hydrogen-bond donors (Lipinski definition) is 1. The summed E-state index contributed by atoms with van der Waals surface area (Å²) in [6.07, 6.45) is 15.6. The summed E-state index contributed by atoms with van der Waals surface area (Å²) in [7, 11) is 0. The van der Waals surface area contributed by atoms with Gasteiger partial charge in [0.2, 0.25) is 0 Å². The standard InChI is InChI=1S/C23H38O3/c1-3-5-7-9-11-13-15-22(14-12-10-8-6-4-2)26-23(25)20-16-18-21(24)19-17-20/h16-19,22,24H,3-15H2,1-2H3. The number of rotatable bonds is 15. The molecule has 148 valence electrons. The summed E-state index contributed by atoms with van der Waals surface area (Å²) in [4.78, 5) is 12.4. The smallest absolute Gasteiger partial charge is 0.338 e. The van der Waals surface area contributed by atoms with E-state index in [-0.39, 0.29) is 17.8 Å². The van der Waals surface area contributed by atoms with Crippen LogP contribution in [0, 0.1) is 0 Å². The highest BCUT2D eigenvalue weighted by Crippen LogP contribution is 2.19. The summed E-state index contributed by atoms with van der Waals surface area (Å²) in [5.41, 5.74) is 0.515. The highest BCUT2D eigenvalue weighted by molar-refractivity contribution is 5.89. The highest BCUT2D eigenvalue weighted by Gasteiger charge is 2.16. The Morgan fingerprint density at radius 1 is 0.808 bits per heavy atom. The third kappa shape index (κ3) is 10.5. The molecule has 0 fully saturated rings. The first-order chi connectivity index (χ1) is 12.7. The van der Waals surface area contributed by atoms with Gasteiger partial charge in [-0.25, -0.2) is 4.79 Å². The number of carbonyl (C=O) groups is 1. The van der Waals surface area contributed by atoms with Crippen LogP contribution in [0.5, 0.6) is 5.75 Å². The zero-order valence-electron chi connectivity index (χ0n) is 16.8. The van der Waals surface area contributed by atoms with E-state index >= 15 is 0 Å². The van der Waals surface area contributed by atoms with Crippen LogP contribution in [-0.4, -0.2) is 17.2 Å². The maximum Gasteiger partial charge on any atom is 0.338 e. The van der Waals surface area contributed by atoms with E-state index in [2.05, 4.69) is 13.8 Å². The van der Waals surface area contributed by atoms with Crippen molar-refractivity contribution < 1.29 is 14.6 Å². The Balaban J connectivity index is 2.41. The van der Waals surface area contributed by atoms with Gasteiger partial charge in [-0.1, -0.05) is 71.6 Å². The van der Waals surface area contributed by atoms with E-state index < -0.39 is 0 Å². The molecule has 0 saturated heterocycles. The number of carbonyl (C=O) groups excluding carboxylic acids is 1. The first-order valence-corrected chi connectivity index (χ1v) is 10.7. The zero-order chi connectivity index (χ0) is 19.0. The first kappa shape index (κ1) is 22.5.